The van der Waals surface area contributed by atoms with Crippen LogP contribution in [-0.4, -0.2) is 71.8 Å². The summed E-state index contributed by atoms with van der Waals surface area (Å²) in [7, 11) is -3.21. The number of nitrogen functional groups attached to an aromatic ring is 1. The molecular weight excluding hydrogens is 616 g/mol. The summed E-state index contributed by atoms with van der Waals surface area (Å²) < 4.78 is 46.0. The van der Waals surface area contributed by atoms with Crippen LogP contribution in [0.4, 0.5) is 5.82 Å². The Morgan fingerprint density at radius 2 is 1.97 bits per heavy atom. The summed E-state index contributed by atoms with van der Waals surface area (Å²) in [6, 6.07) is 3.78. The van der Waals surface area contributed by atoms with E-state index in [2.05, 4.69) is 30.1 Å². The fourth-order valence-corrected chi connectivity index (χ4v) is 6.58. The van der Waals surface area contributed by atoms with Gasteiger partial charge >= 0.3 is 10.4 Å². The summed E-state index contributed by atoms with van der Waals surface area (Å²) in [6.45, 7) is 3.25. The van der Waals surface area contributed by atoms with E-state index in [0.717, 1.165) is 40.9 Å². The molecule has 0 radical (unpaired) electrons. The fraction of sp³-hybridized carbons (Fsp3) is 0.478. The molecule has 1 saturated heterocycles. The van der Waals surface area contributed by atoms with Gasteiger partial charge in [-0.3, -0.25) is 8.98 Å². The zero-order valence-corrected chi connectivity index (χ0v) is 24.4. The number of aromatic nitrogens is 4. The smallest absolute Gasteiger partial charge is 0.400 e. The number of ether oxygens (including phenoxy) is 2. The van der Waals surface area contributed by atoms with Crippen molar-refractivity contribution in [2.75, 3.05) is 32.7 Å². The number of rotatable bonds is 9. The van der Waals surface area contributed by atoms with Crippen LogP contribution in [0.1, 0.15) is 26.2 Å². The molecule has 1 amide bonds. The first-order valence-electron chi connectivity index (χ1n) is 12.2. The number of fused-ring (bicyclic) bond motifs is 2. The van der Waals surface area contributed by atoms with Gasteiger partial charge in [-0.15, -0.1) is 0 Å². The minimum absolute atomic E-state index is 0.184. The number of carbonyl (C=O) groups is 1. The normalized spacial score (nSPS) is 16.6. The van der Waals surface area contributed by atoms with Gasteiger partial charge in [-0.25, -0.2) is 19.1 Å². The second-order valence-electron chi connectivity index (χ2n) is 9.09. The zero-order valence-electron chi connectivity index (χ0n) is 21.2. The van der Waals surface area contributed by atoms with Gasteiger partial charge in [0.15, 0.2) is 39.7 Å². The molecule has 5 rings (SSSR count). The van der Waals surface area contributed by atoms with E-state index in [1.54, 1.807) is 4.90 Å². The second-order valence-corrected chi connectivity index (χ2v) is 12.3. The summed E-state index contributed by atoms with van der Waals surface area (Å²) in [4.78, 5) is 28.5. The Bertz CT molecular complexity index is 1490. The standard InChI is InChI=1S/C23H27BrN6O7S2/c1-13(37-39(32,33)34-2)22(31)29-6-3-14(4-7-29)5-8-30-21-19(20(25)26-11-27-21)28-23(30)38-18-10-17-16(9-15(18)24)35-12-36-17/h9-11,13-14H,3-8,12H2,1-2H3,(H2,25,26,27)/t13-/m0/s1. The highest BCUT2D eigenvalue weighted by Crippen LogP contribution is 2.43. The van der Waals surface area contributed by atoms with Crippen molar-refractivity contribution >= 4 is 61.0 Å². The SMILES string of the molecule is COS(=O)(=O)O[C@@H](C)C(=O)N1CCC(CCn2c(Sc3cc4c(cc3Br)OCO4)nc3c(N)ncnc32)CC1. The molecule has 1 fully saturated rings. The van der Waals surface area contributed by atoms with Gasteiger partial charge in [0.25, 0.3) is 5.91 Å². The van der Waals surface area contributed by atoms with E-state index in [0.29, 0.717) is 54.0 Å². The monoisotopic (exact) mass is 642 g/mol. The number of benzene rings is 1. The average Bonchev–Trinajstić information content (AvgIpc) is 3.51. The predicted octanol–water partition coefficient (Wildman–Crippen LogP) is 2.98. The molecule has 0 aliphatic carbocycles. The maximum Gasteiger partial charge on any atom is 0.400 e. The van der Waals surface area contributed by atoms with Crippen molar-refractivity contribution in [3.05, 3.63) is 22.9 Å². The lowest BCUT2D eigenvalue weighted by atomic mass is 9.93. The first-order valence-corrected chi connectivity index (χ1v) is 15.1. The molecule has 210 valence electrons. The first-order chi connectivity index (χ1) is 18.6. The van der Waals surface area contributed by atoms with Crippen molar-refractivity contribution in [1.82, 2.24) is 24.4 Å². The minimum Gasteiger partial charge on any atom is -0.454 e. The Hall–Kier alpha value is -2.66. The maximum atomic E-state index is 12.7. The van der Waals surface area contributed by atoms with E-state index in [-0.39, 0.29) is 12.7 Å². The van der Waals surface area contributed by atoms with E-state index in [1.165, 1.54) is 25.0 Å². The number of amides is 1. The molecule has 0 spiro atoms. The highest BCUT2D eigenvalue weighted by Gasteiger charge is 2.30. The summed E-state index contributed by atoms with van der Waals surface area (Å²) >= 11 is 5.07. The molecule has 16 heteroatoms. The largest absolute Gasteiger partial charge is 0.454 e. The number of anilines is 1. The van der Waals surface area contributed by atoms with Gasteiger partial charge in [0.2, 0.25) is 6.79 Å². The Morgan fingerprint density at radius 1 is 1.26 bits per heavy atom. The molecule has 0 unspecified atom stereocenters. The van der Waals surface area contributed by atoms with Crippen LogP contribution in [0.25, 0.3) is 11.2 Å². The summed E-state index contributed by atoms with van der Waals surface area (Å²) in [5.41, 5.74) is 7.31. The maximum absolute atomic E-state index is 12.7. The molecule has 0 bridgehead atoms. The van der Waals surface area contributed by atoms with Gasteiger partial charge in [0, 0.05) is 29.0 Å². The van der Waals surface area contributed by atoms with Gasteiger partial charge in [-0.1, -0.05) is 11.8 Å². The number of nitrogens with zero attached hydrogens (tertiary/aromatic N) is 5. The van der Waals surface area contributed by atoms with Crippen molar-refractivity contribution in [1.29, 1.82) is 0 Å². The van der Waals surface area contributed by atoms with Crippen molar-refractivity contribution in [2.45, 2.75) is 48.9 Å². The van der Waals surface area contributed by atoms with Gasteiger partial charge < -0.3 is 24.7 Å². The molecule has 2 aliphatic rings. The van der Waals surface area contributed by atoms with E-state index in [9.17, 15) is 13.2 Å². The average molecular weight is 644 g/mol. The zero-order chi connectivity index (χ0) is 27.7. The van der Waals surface area contributed by atoms with Crippen LogP contribution in [0.3, 0.4) is 0 Å². The van der Waals surface area contributed by atoms with Crippen LogP contribution in [-0.2, 0) is 30.1 Å². The topological polar surface area (TPSA) is 161 Å². The summed E-state index contributed by atoms with van der Waals surface area (Å²) in [6.07, 6.45) is 2.66. The molecule has 4 heterocycles. The van der Waals surface area contributed by atoms with Crippen LogP contribution in [0, 0.1) is 5.92 Å². The van der Waals surface area contributed by atoms with Crippen LogP contribution in [0.15, 0.2) is 33.0 Å². The lowest BCUT2D eigenvalue weighted by molar-refractivity contribution is -0.139. The first kappa shape index (κ1) is 27.9. The quantitative estimate of drug-likeness (QED) is 0.364. The molecule has 39 heavy (non-hydrogen) atoms. The number of nitrogens with two attached hydrogens (primary N) is 1. The highest BCUT2D eigenvalue weighted by atomic mass is 79.9. The molecule has 2 aromatic heterocycles. The third kappa shape index (κ3) is 6.09. The summed E-state index contributed by atoms with van der Waals surface area (Å²) in [5.74, 6) is 1.63. The molecule has 1 aromatic carbocycles. The third-order valence-corrected chi connectivity index (χ3v) is 9.56. The van der Waals surface area contributed by atoms with Crippen molar-refractivity contribution in [3.8, 4) is 11.5 Å². The van der Waals surface area contributed by atoms with Crippen molar-refractivity contribution in [2.24, 2.45) is 5.92 Å². The van der Waals surface area contributed by atoms with Gasteiger partial charge in [0.05, 0.1) is 7.11 Å². The number of hydrogen-bond acceptors (Lipinski definition) is 12. The summed E-state index contributed by atoms with van der Waals surface area (Å²) in [5, 5.41) is 0.717. The highest BCUT2D eigenvalue weighted by molar-refractivity contribution is 9.10. The third-order valence-electron chi connectivity index (χ3n) is 6.65. The van der Waals surface area contributed by atoms with E-state index in [4.69, 9.17) is 24.4 Å². The number of aryl methyl sites for hydroxylation is 1. The van der Waals surface area contributed by atoms with Gasteiger partial charge in [0.1, 0.15) is 6.33 Å². The fourth-order valence-electron chi connectivity index (χ4n) is 4.56. The van der Waals surface area contributed by atoms with Gasteiger partial charge in [-0.2, -0.15) is 8.42 Å². The van der Waals surface area contributed by atoms with Crippen LogP contribution in [0.5, 0.6) is 11.5 Å². The van der Waals surface area contributed by atoms with Crippen molar-refractivity contribution in [3.63, 3.8) is 0 Å². The Kier molecular flexibility index (Phi) is 8.19. The number of imidazole rings is 1. The van der Waals surface area contributed by atoms with Crippen molar-refractivity contribution < 1.29 is 31.1 Å². The van der Waals surface area contributed by atoms with Crippen LogP contribution in [0.2, 0.25) is 0 Å². The minimum atomic E-state index is -4.19. The van der Waals surface area contributed by atoms with Gasteiger partial charge in [-0.05, 0) is 60.2 Å². The predicted molar refractivity (Wildman–Crippen MR) is 145 cm³/mol. The number of hydrogen-bond donors (Lipinski definition) is 1. The van der Waals surface area contributed by atoms with Crippen LogP contribution < -0.4 is 15.2 Å². The number of halogens is 1. The lowest BCUT2D eigenvalue weighted by Gasteiger charge is -2.33. The molecule has 3 aromatic rings. The van der Waals surface area contributed by atoms with E-state index < -0.39 is 16.5 Å². The molecule has 2 aliphatic heterocycles. The Labute approximate surface area is 237 Å². The van der Waals surface area contributed by atoms with E-state index >= 15 is 0 Å². The Balaban J connectivity index is 1.27. The lowest BCUT2D eigenvalue weighted by Crippen LogP contribution is -2.44. The second kappa shape index (κ2) is 11.4. The van der Waals surface area contributed by atoms with E-state index in [1.807, 2.05) is 16.7 Å². The molecule has 1 atom stereocenters. The number of piperidine rings is 1. The van der Waals surface area contributed by atoms with Crippen LogP contribution >= 0.6 is 27.7 Å². The molecule has 2 N–H and O–H groups in total. The number of likely N-dealkylation sites (tertiary alicyclic amines) is 1. The molecule has 0 saturated carbocycles. The Morgan fingerprint density at radius 3 is 2.69 bits per heavy atom. The number of carbonyl (C=O) groups excluding carboxylic acids is 1. The molecule has 13 nitrogen and oxygen atoms in total. The molecular formula is C23H27BrN6O7S2.